The smallest absolute Gasteiger partial charge is 0.145 e. The number of imidazole rings is 1. The highest BCUT2D eigenvalue weighted by Gasteiger charge is 2.23. The Balaban J connectivity index is 1.41. The Labute approximate surface area is 266 Å². The van der Waals surface area contributed by atoms with E-state index in [1.165, 1.54) is 0 Å². The topological polar surface area (TPSA) is 31.0 Å². The van der Waals surface area contributed by atoms with E-state index < -0.39 is 0 Å². The fourth-order valence-corrected chi connectivity index (χ4v) is 6.76. The summed E-state index contributed by atoms with van der Waals surface area (Å²) in [7, 11) is 0. The van der Waals surface area contributed by atoms with Crippen LogP contribution >= 0.6 is 0 Å². The third-order valence-corrected chi connectivity index (χ3v) is 8.81. The number of furan rings is 1. The van der Waals surface area contributed by atoms with E-state index in [-0.39, 0.29) is 0 Å². The van der Waals surface area contributed by atoms with Crippen molar-refractivity contribution in [2.75, 3.05) is 0 Å². The van der Waals surface area contributed by atoms with Gasteiger partial charge in [0.05, 0.1) is 16.7 Å². The first-order valence-electron chi connectivity index (χ1n) is 15.6. The fourth-order valence-electron chi connectivity index (χ4n) is 6.76. The third kappa shape index (κ3) is 4.25. The fraction of sp³-hybridized carbons (Fsp3) is 0. The second kappa shape index (κ2) is 10.8. The van der Waals surface area contributed by atoms with Crippen molar-refractivity contribution in [2.24, 2.45) is 0 Å². The lowest BCUT2D eigenvalue weighted by atomic mass is 9.94. The van der Waals surface area contributed by atoms with Gasteiger partial charge in [0.25, 0.3) is 0 Å². The molecule has 0 atom stereocenters. The molecule has 2 aromatic heterocycles. The van der Waals surface area contributed by atoms with Crippen molar-refractivity contribution in [1.29, 1.82) is 0 Å². The molecule has 2 heterocycles. The lowest BCUT2D eigenvalue weighted by molar-refractivity contribution is 0.669. The number of fused-ring (bicyclic) bond motifs is 4. The van der Waals surface area contributed by atoms with Gasteiger partial charge in [0.15, 0.2) is 0 Å². The first kappa shape index (κ1) is 26.2. The van der Waals surface area contributed by atoms with Gasteiger partial charge < -0.3 is 4.42 Å². The Morgan fingerprint density at radius 2 is 1.00 bits per heavy atom. The molecule has 0 amide bonds. The van der Waals surface area contributed by atoms with Crippen molar-refractivity contribution >= 4 is 33.0 Å². The molecule has 216 valence electrons. The molecule has 0 saturated carbocycles. The number of hydrogen-bond donors (Lipinski definition) is 0. The minimum atomic E-state index is 0.843. The van der Waals surface area contributed by atoms with Crippen LogP contribution in [-0.4, -0.2) is 9.55 Å². The zero-order valence-corrected chi connectivity index (χ0v) is 25.0. The number of hydrogen-bond acceptors (Lipinski definition) is 2. The second-order valence-electron chi connectivity index (χ2n) is 11.6. The highest BCUT2D eigenvalue weighted by molar-refractivity contribution is 6.13. The standard InChI is InChI=1S/C43H28N2O/c1-4-15-29(16-5-1)33-22-14-23-34(30-17-6-2-7-18-30)42(33)45-38-25-12-11-24-37(38)44-43(45)32-27-36(31-19-8-3-9-20-31)41-35-21-10-13-26-39(35)46-40(41)28-32/h1-28H. The summed E-state index contributed by atoms with van der Waals surface area (Å²) >= 11 is 0. The van der Waals surface area contributed by atoms with Gasteiger partial charge in [-0.05, 0) is 52.6 Å². The molecule has 46 heavy (non-hydrogen) atoms. The quantitative estimate of drug-likeness (QED) is 0.200. The number of nitrogens with zero attached hydrogens (tertiary/aromatic N) is 2. The molecule has 0 bridgehead atoms. The van der Waals surface area contributed by atoms with E-state index in [4.69, 9.17) is 9.40 Å². The average Bonchev–Trinajstić information content (AvgIpc) is 3.71. The summed E-state index contributed by atoms with van der Waals surface area (Å²) in [5, 5.41) is 2.22. The summed E-state index contributed by atoms with van der Waals surface area (Å²) in [6.45, 7) is 0. The molecule has 0 aliphatic carbocycles. The van der Waals surface area contributed by atoms with Crippen molar-refractivity contribution in [3.05, 3.63) is 170 Å². The number of aromatic nitrogens is 2. The highest BCUT2D eigenvalue weighted by Crippen LogP contribution is 2.43. The van der Waals surface area contributed by atoms with Crippen LogP contribution in [0.3, 0.4) is 0 Å². The van der Waals surface area contributed by atoms with Gasteiger partial charge in [-0.1, -0.05) is 140 Å². The van der Waals surface area contributed by atoms with Crippen molar-refractivity contribution in [3.8, 4) is 50.5 Å². The molecule has 0 unspecified atom stereocenters. The maximum atomic E-state index is 6.55. The van der Waals surface area contributed by atoms with E-state index in [9.17, 15) is 0 Å². The van der Waals surface area contributed by atoms with Crippen molar-refractivity contribution in [3.63, 3.8) is 0 Å². The van der Waals surface area contributed by atoms with Crippen LogP contribution in [0.25, 0.3) is 83.4 Å². The molecular formula is C43H28N2O. The van der Waals surface area contributed by atoms with Gasteiger partial charge in [-0.25, -0.2) is 4.98 Å². The van der Waals surface area contributed by atoms with Gasteiger partial charge in [-0.15, -0.1) is 0 Å². The molecule has 3 heteroatoms. The van der Waals surface area contributed by atoms with Gasteiger partial charge in [0, 0.05) is 27.5 Å². The van der Waals surface area contributed by atoms with Gasteiger partial charge in [-0.3, -0.25) is 4.57 Å². The van der Waals surface area contributed by atoms with Crippen LogP contribution in [0.15, 0.2) is 174 Å². The van der Waals surface area contributed by atoms with E-state index in [1.54, 1.807) is 0 Å². The number of rotatable bonds is 5. The van der Waals surface area contributed by atoms with E-state index >= 15 is 0 Å². The molecule has 0 spiro atoms. The van der Waals surface area contributed by atoms with Gasteiger partial charge in [0.2, 0.25) is 0 Å². The minimum Gasteiger partial charge on any atom is -0.456 e. The van der Waals surface area contributed by atoms with Crippen LogP contribution in [0.5, 0.6) is 0 Å². The summed E-state index contributed by atoms with van der Waals surface area (Å²) in [6, 6.07) is 59.6. The largest absolute Gasteiger partial charge is 0.456 e. The summed E-state index contributed by atoms with van der Waals surface area (Å²) in [4.78, 5) is 5.35. The van der Waals surface area contributed by atoms with E-state index in [2.05, 4.69) is 162 Å². The first-order chi connectivity index (χ1) is 22.8. The van der Waals surface area contributed by atoms with Crippen LogP contribution in [0.2, 0.25) is 0 Å². The van der Waals surface area contributed by atoms with Gasteiger partial charge >= 0.3 is 0 Å². The zero-order chi connectivity index (χ0) is 30.5. The maximum Gasteiger partial charge on any atom is 0.145 e. The van der Waals surface area contributed by atoms with Crippen molar-refractivity contribution < 1.29 is 4.42 Å². The van der Waals surface area contributed by atoms with E-state index in [0.29, 0.717) is 0 Å². The molecular weight excluding hydrogens is 560 g/mol. The Morgan fingerprint density at radius 3 is 1.67 bits per heavy atom. The van der Waals surface area contributed by atoms with Crippen molar-refractivity contribution in [2.45, 2.75) is 0 Å². The van der Waals surface area contributed by atoms with E-state index in [1.807, 2.05) is 12.1 Å². The Hall–Kier alpha value is -6.19. The Morgan fingerprint density at radius 1 is 0.435 bits per heavy atom. The Kier molecular flexibility index (Phi) is 6.14. The average molecular weight is 589 g/mol. The van der Waals surface area contributed by atoms with Gasteiger partial charge in [-0.2, -0.15) is 0 Å². The predicted octanol–water partition coefficient (Wildman–Crippen LogP) is 11.6. The van der Waals surface area contributed by atoms with Crippen molar-refractivity contribution in [1.82, 2.24) is 9.55 Å². The molecule has 0 N–H and O–H groups in total. The van der Waals surface area contributed by atoms with E-state index in [0.717, 1.165) is 83.4 Å². The summed E-state index contributed by atoms with van der Waals surface area (Å²) < 4.78 is 8.89. The van der Waals surface area contributed by atoms with Crippen LogP contribution < -0.4 is 0 Å². The van der Waals surface area contributed by atoms with Crippen LogP contribution in [0.4, 0.5) is 0 Å². The summed E-state index contributed by atoms with van der Waals surface area (Å²) in [5.41, 5.74) is 12.6. The molecule has 9 rings (SSSR count). The molecule has 0 aliphatic heterocycles. The van der Waals surface area contributed by atoms with Crippen LogP contribution in [-0.2, 0) is 0 Å². The highest BCUT2D eigenvalue weighted by atomic mass is 16.3. The first-order valence-corrected chi connectivity index (χ1v) is 15.6. The van der Waals surface area contributed by atoms with Crippen LogP contribution in [0.1, 0.15) is 0 Å². The monoisotopic (exact) mass is 588 g/mol. The molecule has 3 nitrogen and oxygen atoms in total. The molecule has 0 fully saturated rings. The molecule has 0 radical (unpaired) electrons. The maximum absolute atomic E-state index is 6.55. The minimum absolute atomic E-state index is 0.843. The zero-order valence-electron chi connectivity index (χ0n) is 25.0. The lowest BCUT2D eigenvalue weighted by Crippen LogP contribution is -2.03. The summed E-state index contributed by atoms with van der Waals surface area (Å²) in [6.07, 6.45) is 0. The summed E-state index contributed by atoms with van der Waals surface area (Å²) in [5.74, 6) is 0.862. The SMILES string of the molecule is c1ccc(-c2cccc(-c3ccccc3)c2-n2c(-c3cc(-c4ccccc4)c4c(c3)oc3ccccc34)nc3ccccc32)cc1. The molecule has 0 saturated heterocycles. The normalized spacial score (nSPS) is 11.5. The third-order valence-electron chi connectivity index (χ3n) is 8.81. The number of benzene rings is 7. The number of para-hydroxylation sites is 4. The van der Waals surface area contributed by atoms with Crippen LogP contribution in [0, 0.1) is 0 Å². The molecule has 9 aromatic rings. The molecule has 7 aromatic carbocycles. The lowest BCUT2D eigenvalue weighted by Gasteiger charge is -2.20. The molecule has 0 aliphatic rings. The predicted molar refractivity (Wildman–Crippen MR) is 190 cm³/mol. The second-order valence-corrected chi connectivity index (χ2v) is 11.6. The Bertz CT molecular complexity index is 2450. The van der Waals surface area contributed by atoms with Gasteiger partial charge in [0.1, 0.15) is 17.0 Å².